The molecule has 0 fully saturated rings. The third-order valence-electron chi connectivity index (χ3n) is 3.05. The molecule has 108 valence electrons. The number of fused-ring (bicyclic) bond motifs is 1. The number of halogens is 1. The van der Waals surface area contributed by atoms with E-state index >= 15 is 0 Å². The van der Waals surface area contributed by atoms with Crippen LogP contribution in [0.15, 0.2) is 30.3 Å². The first-order valence-corrected chi connectivity index (χ1v) is 7.38. The fourth-order valence-electron chi connectivity index (χ4n) is 2.02. The minimum atomic E-state index is -0.427. The van der Waals surface area contributed by atoms with Crippen LogP contribution in [0.4, 0.5) is 11.6 Å². The molecule has 0 radical (unpaired) electrons. The van der Waals surface area contributed by atoms with Gasteiger partial charge in [-0.05, 0) is 25.1 Å². The number of nitro benzene ring substituents is 1. The zero-order chi connectivity index (χ0) is 15.0. The van der Waals surface area contributed by atoms with Crippen molar-refractivity contribution in [1.82, 2.24) is 9.97 Å². The van der Waals surface area contributed by atoms with Gasteiger partial charge in [0, 0.05) is 17.0 Å². The largest absolute Gasteiger partial charge is 0.348 e. The Kier molecular flexibility index (Phi) is 3.52. The van der Waals surface area contributed by atoms with E-state index in [1.807, 2.05) is 19.1 Å². The summed E-state index contributed by atoms with van der Waals surface area (Å²) in [6.45, 7) is 2.00. The molecule has 0 spiro atoms. The summed E-state index contributed by atoms with van der Waals surface area (Å²) >= 11 is 7.42. The lowest BCUT2D eigenvalue weighted by molar-refractivity contribution is -0.384. The number of non-ortho nitro benzene ring substituents is 1. The van der Waals surface area contributed by atoms with Crippen LogP contribution in [-0.4, -0.2) is 14.9 Å². The molecule has 21 heavy (non-hydrogen) atoms. The number of benzene rings is 1. The Morgan fingerprint density at radius 1 is 1.43 bits per heavy atom. The lowest BCUT2D eigenvalue weighted by atomic mass is 10.3. The minimum Gasteiger partial charge on any atom is -0.348 e. The molecule has 3 aromatic rings. The Morgan fingerprint density at radius 3 is 2.90 bits per heavy atom. The second-order valence-corrected chi connectivity index (χ2v) is 6.30. The standard InChI is InChI=1S/C13H11ClN4O2S/c1-7(11-4-5-12(14)21-11)15-13-16-9-3-2-8(18(19)20)6-10(9)17-13/h2-7H,1H3,(H2,15,16,17). The molecule has 0 amide bonds. The topological polar surface area (TPSA) is 83.8 Å². The number of aromatic amines is 1. The van der Waals surface area contributed by atoms with Gasteiger partial charge in [-0.25, -0.2) is 4.98 Å². The summed E-state index contributed by atoms with van der Waals surface area (Å²) in [7, 11) is 0. The van der Waals surface area contributed by atoms with Crippen molar-refractivity contribution in [2.75, 3.05) is 5.32 Å². The molecule has 0 aliphatic rings. The lowest BCUT2D eigenvalue weighted by Gasteiger charge is -2.10. The summed E-state index contributed by atoms with van der Waals surface area (Å²) in [6.07, 6.45) is 0. The van der Waals surface area contributed by atoms with Crippen molar-refractivity contribution in [1.29, 1.82) is 0 Å². The summed E-state index contributed by atoms with van der Waals surface area (Å²) in [5.74, 6) is 0.572. The van der Waals surface area contributed by atoms with Gasteiger partial charge < -0.3 is 10.3 Å². The number of nitrogens with zero attached hydrogens (tertiary/aromatic N) is 2. The quantitative estimate of drug-likeness (QED) is 0.552. The molecule has 1 atom stereocenters. The first kappa shape index (κ1) is 13.8. The van der Waals surface area contributed by atoms with Gasteiger partial charge in [-0.1, -0.05) is 11.6 Å². The van der Waals surface area contributed by atoms with Crippen molar-refractivity contribution in [2.24, 2.45) is 0 Å². The number of hydrogen-bond donors (Lipinski definition) is 2. The minimum absolute atomic E-state index is 0.0378. The van der Waals surface area contributed by atoms with E-state index in [0.717, 1.165) is 9.21 Å². The highest BCUT2D eigenvalue weighted by Gasteiger charge is 2.12. The van der Waals surface area contributed by atoms with Crippen LogP contribution in [-0.2, 0) is 0 Å². The van der Waals surface area contributed by atoms with Crippen LogP contribution >= 0.6 is 22.9 Å². The third-order valence-corrected chi connectivity index (χ3v) is 4.46. The van der Waals surface area contributed by atoms with Crippen molar-refractivity contribution in [2.45, 2.75) is 13.0 Å². The molecule has 1 unspecified atom stereocenters. The van der Waals surface area contributed by atoms with Gasteiger partial charge in [-0.15, -0.1) is 11.3 Å². The van der Waals surface area contributed by atoms with Gasteiger partial charge in [-0.2, -0.15) is 0 Å². The number of rotatable bonds is 4. The van der Waals surface area contributed by atoms with Gasteiger partial charge in [0.2, 0.25) is 5.95 Å². The molecule has 0 bridgehead atoms. The molecular weight excluding hydrogens is 312 g/mol. The Bertz CT molecular complexity index is 813. The lowest BCUT2D eigenvalue weighted by Crippen LogP contribution is -2.05. The predicted molar refractivity (Wildman–Crippen MR) is 84.1 cm³/mol. The van der Waals surface area contributed by atoms with E-state index in [-0.39, 0.29) is 11.7 Å². The highest BCUT2D eigenvalue weighted by molar-refractivity contribution is 7.16. The molecule has 2 N–H and O–H groups in total. The molecule has 0 aliphatic carbocycles. The maximum absolute atomic E-state index is 10.8. The monoisotopic (exact) mass is 322 g/mol. The molecule has 0 saturated heterocycles. The van der Waals surface area contributed by atoms with Gasteiger partial charge in [0.25, 0.3) is 5.69 Å². The first-order valence-electron chi connectivity index (χ1n) is 6.19. The van der Waals surface area contributed by atoms with E-state index in [2.05, 4.69) is 15.3 Å². The van der Waals surface area contributed by atoms with E-state index in [4.69, 9.17) is 11.6 Å². The number of anilines is 1. The van der Waals surface area contributed by atoms with Crippen LogP contribution in [0.3, 0.4) is 0 Å². The van der Waals surface area contributed by atoms with Gasteiger partial charge in [0.1, 0.15) is 0 Å². The van der Waals surface area contributed by atoms with Crippen LogP contribution < -0.4 is 5.32 Å². The van der Waals surface area contributed by atoms with Crippen LogP contribution in [0, 0.1) is 10.1 Å². The van der Waals surface area contributed by atoms with E-state index in [9.17, 15) is 10.1 Å². The number of H-pyrrole nitrogens is 1. The molecule has 0 aliphatic heterocycles. The van der Waals surface area contributed by atoms with Gasteiger partial charge in [0.15, 0.2) is 0 Å². The average Bonchev–Trinajstić information content (AvgIpc) is 3.03. The molecule has 3 rings (SSSR count). The number of nitrogens with one attached hydrogen (secondary N) is 2. The second kappa shape index (κ2) is 5.34. The molecule has 2 heterocycles. The second-order valence-electron chi connectivity index (χ2n) is 4.55. The van der Waals surface area contributed by atoms with Crippen LogP contribution in [0.25, 0.3) is 11.0 Å². The molecule has 1 aromatic carbocycles. The van der Waals surface area contributed by atoms with E-state index < -0.39 is 4.92 Å². The summed E-state index contributed by atoms with van der Waals surface area (Å²) in [5.41, 5.74) is 1.35. The normalized spacial score (nSPS) is 12.5. The number of nitro groups is 1. The van der Waals surface area contributed by atoms with Crippen molar-refractivity contribution < 1.29 is 4.92 Å². The Morgan fingerprint density at radius 2 is 2.24 bits per heavy atom. The highest BCUT2D eigenvalue weighted by Crippen LogP contribution is 2.29. The van der Waals surface area contributed by atoms with E-state index in [1.165, 1.54) is 23.5 Å². The van der Waals surface area contributed by atoms with Crippen molar-refractivity contribution in [3.8, 4) is 0 Å². The number of hydrogen-bond acceptors (Lipinski definition) is 5. The summed E-state index contributed by atoms with van der Waals surface area (Å²) in [6, 6.07) is 8.38. The molecular formula is C13H11ClN4O2S. The molecule has 0 saturated carbocycles. The summed E-state index contributed by atoms with van der Waals surface area (Å²) in [5, 5.41) is 14.0. The number of imidazole rings is 1. The summed E-state index contributed by atoms with van der Waals surface area (Å²) < 4.78 is 0.735. The van der Waals surface area contributed by atoms with Crippen LogP contribution in [0.1, 0.15) is 17.8 Å². The Balaban J connectivity index is 1.85. The van der Waals surface area contributed by atoms with Crippen LogP contribution in [0.5, 0.6) is 0 Å². The number of aromatic nitrogens is 2. The maximum atomic E-state index is 10.8. The van der Waals surface area contributed by atoms with Gasteiger partial charge >= 0.3 is 0 Å². The van der Waals surface area contributed by atoms with E-state index in [0.29, 0.717) is 17.0 Å². The zero-order valence-electron chi connectivity index (χ0n) is 11.0. The fraction of sp³-hybridized carbons (Fsp3) is 0.154. The molecule has 2 aromatic heterocycles. The fourth-order valence-corrected chi connectivity index (χ4v) is 3.08. The smallest absolute Gasteiger partial charge is 0.271 e. The van der Waals surface area contributed by atoms with Gasteiger partial charge in [0.05, 0.1) is 26.3 Å². The number of thiophene rings is 1. The third kappa shape index (κ3) is 2.84. The molecule has 8 heteroatoms. The van der Waals surface area contributed by atoms with Crippen molar-refractivity contribution in [3.05, 3.63) is 49.7 Å². The first-order chi connectivity index (χ1) is 10.0. The Hall–Kier alpha value is -2.12. The summed E-state index contributed by atoms with van der Waals surface area (Å²) in [4.78, 5) is 18.8. The maximum Gasteiger partial charge on any atom is 0.271 e. The van der Waals surface area contributed by atoms with E-state index in [1.54, 1.807) is 6.07 Å². The average molecular weight is 323 g/mol. The Labute approximate surface area is 128 Å². The molecule has 6 nitrogen and oxygen atoms in total. The predicted octanol–water partition coefficient (Wildman–Crippen LogP) is 4.36. The SMILES string of the molecule is CC(Nc1nc2ccc([N+](=O)[O-])cc2[nH]1)c1ccc(Cl)s1. The van der Waals surface area contributed by atoms with Gasteiger partial charge in [-0.3, -0.25) is 10.1 Å². The van der Waals surface area contributed by atoms with Crippen LogP contribution in [0.2, 0.25) is 4.34 Å². The van der Waals surface area contributed by atoms with Crippen molar-refractivity contribution >= 4 is 45.6 Å². The zero-order valence-corrected chi connectivity index (χ0v) is 12.5. The highest BCUT2D eigenvalue weighted by atomic mass is 35.5. The van der Waals surface area contributed by atoms with Crippen molar-refractivity contribution in [3.63, 3.8) is 0 Å².